The molecule has 9 rings (SSSR count). The third kappa shape index (κ3) is 4.47. The molecule has 1 heteroatoms. The number of hydrogen-bond donors (Lipinski definition) is 0. The standard InChI is InChI=1S/C47H35N/c1-47(2)42-23-13-22-40(36-25-24-32-14-9-10-18-35(32)30-36)46(42)41-28-27-38(31-43(41)47)48(37-19-7-4-8-20-37)44-29-26-33-15-11-12-21-39(33)45(44)34-16-5-3-6-17-34/h3-31H,1-2H3. The molecule has 1 aliphatic carbocycles. The van der Waals surface area contributed by atoms with Gasteiger partial charge in [0.15, 0.2) is 0 Å². The van der Waals surface area contributed by atoms with Gasteiger partial charge in [-0.3, -0.25) is 0 Å². The lowest BCUT2D eigenvalue weighted by molar-refractivity contribution is 0.660. The van der Waals surface area contributed by atoms with E-state index in [1.54, 1.807) is 0 Å². The van der Waals surface area contributed by atoms with Crippen LogP contribution in [0.1, 0.15) is 25.0 Å². The third-order valence-corrected chi connectivity index (χ3v) is 10.2. The van der Waals surface area contributed by atoms with Crippen molar-refractivity contribution in [1.29, 1.82) is 0 Å². The van der Waals surface area contributed by atoms with E-state index in [1.807, 2.05) is 0 Å². The molecule has 0 heterocycles. The molecule has 0 radical (unpaired) electrons. The summed E-state index contributed by atoms with van der Waals surface area (Å²) in [6.07, 6.45) is 0. The van der Waals surface area contributed by atoms with Crippen LogP contribution in [0.5, 0.6) is 0 Å². The molecule has 0 aromatic heterocycles. The lowest BCUT2D eigenvalue weighted by Gasteiger charge is -2.30. The van der Waals surface area contributed by atoms with Gasteiger partial charge in [0, 0.05) is 22.4 Å². The molecule has 1 aliphatic rings. The summed E-state index contributed by atoms with van der Waals surface area (Å²) >= 11 is 0. The number of benzene rings is 8. The van der Waals surface area contributed by atoms with E-state index in [0.717, 1.165) is 17.1 Å². The van der Waals surface area contributed by atoms with Crippen LogP contribution in [0.3, 0.4) is 0 Å². The Morgan fingerprint density at radius 2 is 1.08 bits per heavy atom. The Balaban J connectivity index is 1.26. The Labute approximate surface area is 282 Å². The Kier molecular flexibility index (Phi) is 6.55. The van der Waals surface area contributed by atoms with Crippen molar-refractivity contribution in [2.45, 2.75) is 19.3 Å². The maximum Gasteiger partial charge on any atom is 0.0546 e. The maximum absolute atomic E-state index is 2.44. The summed E-state index contributed by atoms with van der Waals surface area (Å²) in [5, 5.41) is 5.02. The van der Waals surface area contributed by atoms with Crippen molar-refractivity contribution in [3.05, 3.63) is 187 Å². The van der Waals surface area contributed by atoms with Crippen LogP contribution in [0.4, 0.5) is 17.1 Å². The number of nitrogens with zero attached hydrogens (tertiary/aromatic N) is 1. The van der Waals surface area contributed by atoms with Gasteiger partial charge in [-0.2, -0.15) is 0 Å². The maximum atomic E-state index is 2.44. The number of rotatable bonds is 5. The molecule has 0 saturated carbocycles. The van der Waals surface area contributed by atoms with E-state index in [2.05, 4.69) is 195 Å². The zero-order chi connectivity index (χ0) is 32.2. The highest BCUT2D eigenvalue weighted by atomic mass is 15.1. The average molecular weight is 614 g/mol. The van der Waals surface area contributed by atoms with Crippen LogP contribution in [0.25, 0.3) is 54.9 Å². The van der Waals surface area contributed by atoms with Crippen molar-refractivity contribution >= 4 is 38.6 Å². The first-order valence-corrected chi connectivity index (χ1v) is 16.8. The summed E-state index contributed by atoms with van der Waals surface area (Å²) in [5.41, 5.74) is 13.7. The lowest BCUT2D eigenvalue weighted by atomic mass is 9.81. The molecule has 0 aliphatic heterocycles. The van der Waals surface area contributed by atoms with Gasteiger partial charge in [0.1, 0.15) is 0 Å². The van der Waals surface area contributed by atoms with E-state index in [1.165, 1.54) is 66.1 Å². The normalized spacial score (nSPS) is 13.0. The van der Waals surface area contributed by atoms with E-state index >= 15 is 0 Å². The second-order valence-electron chi connectivity index (χ2n) is 13.4. The van der Waals surface area contributed by atoms with Gasteiger partial charge in [-0.25, -0.2) is 0 Å². The molecule has 8 aromatic rings. The fourth-order valence-electron chi connectivity index (χ4n) is 7.87. The van der Waals surface area contributed by atoms with E-state index in [0.29, 0.717) is 0 Å². The van der Waals surface area contributed by atoms with Crippen molar-refractivity contribution in [3.63, 3.8) is 0 Å². The molecule has 0 unspecified atom stereocenters. The average Bonchev–Trinajstić information content (AvgIpc) is 3.38. The number of para-hydroxylation sites is 1. The molecule has 0 amide bonds. The molecule has 0 saturated heterocycles. The van der Waals surface area contributed by atoms with Crippen molar-refractivity contribution < 1.29 is 0 Å². The molecule has 0 atom stereocenters. The Hall–Kier alpha value is -5.92. The quantitative estimate of drug-likeness (QED) is 0.187. The summed E-state index contributed by atoms with van der Waals surface area (Å²) in [6, 6.07) is 64.4. The monoisotopic (exact) mass is 613 g/mol. The van der Waals surface area contributed by atoms with E-state index in [9.17, 15) is 0 Å². The molecular weight excluding hydrogens is 579 g/mol. The molecule has 1 nitrogen and oxygen atoms in total. The van der Waals surface area contributed by atoms with Crippen LogP contribution < -0.4 is 4.90 Å². The number of fused-ring (bicyclic) bond motifs is 5. The van der Waals surface area contributed by atoms with Crippen LogP contribution in [0.2, 0.25) is 0 Å². The van der Waals surface area contributed by atoms with Gasteiger partial charge in [-0.1, -0.05) is 153 Å². The van der Waals surface area contributed by atoms with Gasteiger partial charge in [0.25, 0.3) is 0 Å². The van der Waals surface area contributed by atoms with Gasteiger partial charge in [-0.15, -0.1) is 0 Å². The largest absolute Gasteiger partial charge is 0.310 e. The zero-order valence-electron chi connectivity index (χ0n) is 27.2. The summed E-state index contributed by atoms with van der Waals surface area (Å²) in [6.45, 7) is 4.76. The first-order valence-electron chi connectivity index (χ1n) is 16.8. The minimum absolute atomic E-state index is 0.165. The minimum atomic E-state index is -0.165. The Morgan fingerprint density at radius 1 is 0.396 bits per heavy atom. The first-order chi connectivity index (χ1) is 23.6. The molecule has 48 heavy (non-hydrogen) atoms. The molecular formula is C47H35N. The van der Waals surface area contributed by atoms with E-state index in [-0.39, 0.29) is 5.41 Å². The second-order valence-corrected chi connectivity index (χ2v) is 13.4. The molecule has 0 N–H and O–H groups in total. The third-order valence-electron chi connectivity index (χ3n) is 10.2. The fraction of sp³-hybridized carbons (Fsp3) is 0.0638. The Bertz CT molecular complexity index is 2470. The minimum Gasteiger partial charge on any atom is -0.310 e. The number of anilines is 3. The van der Waals surface area contributed by atoms with Gasteiger partial charge in [0.05, 0.1) is 5.69 Å². The SMILES string of the molecule is CC1(C)c2cc(N(c3ccccc3)c3ccc4ccccc4c3-c3ccccc3)ccc2-c2c(-c3ccc4ccccc4c3)cccc21. The van der Waals surface area contributed by atoms with Gasteiger partial charge in [-0.05, 0) is 96.9 Å². The van der Waals surface area contributed by atoms with Gasteiger partial charge in [0.2, 0.25) is 0 Å². The summed E-state index contributed by atoms with van der Waals surface area (Å²) in [7, 11) is 0. The van der Waals surface area contributed by atoms with Crippen LogP contribution in [0, 0.1) is 0 Å². The highest BCUT2D eigenvalue weighted by Crippen LogP contribution is 2.54. The summed E-state index contributed by atoms with van der Waals surface area (Å²) < 4.78 is 0. The highest BCUT2D eigenvalue weighted by molar-refractivity contribution is 6.05. The molecule has 0 spiro atoms. The van der Waals surface area contributed by atoms with E-state index < -0.39 is 0 Å². The zero-order valence-corrected chi connectivity index (χ0v) is 27.2. The molecule has 228 valence electrons. The van der Waals surface area contributed by atoms with E-state index in [4.69, 9.17) is 0 Å². The predicted molar refractivity (Wildman–Crippen MR) is 205 cm³/mol. The first kappa shape index (κ1) is 28.3. The van der Waals surface area contributed by atoms with Crippen molar-refractivity contribution in [2.24, 2.45) is 0 Å². The highest BCUT2D eigenvalue weighted by Gasteiger charge is 2.37. The van der Waals surface area contributed by atoms with Crippen LogP contribution in [-0.2, 0) is 5.41 Å². The van der Waals surface area contributed by atoms with Crippen molar-refractivity contribution in [1.82, 2.24) is 0 Å². The predicted octanol–water partition coefficient (Wildman–Crippen LogP) is 13.1. The molecule has 0 bridgehead atoms. The summed E-state index contributed by atoms with van der Waals surface area (Å²) in [4.78, 5) is 2.44. The van der Waals surface area contributed by atoms with Crippen molar-refractivity contribution in [3.8, 4) is 33.4 Å². The van der Waals surface area contributed by atoms with Crippen LogP contribution in [-0.4, -0.2) is 0 Å². The molecule has 8 aromatic carbocycles. The molecule has 0 fully saturated rings. The second kappa shape index (κ2) is 11.1. The summed E-state index contributed by atoms with van der Waals surface area (Å²) in [5.74, 6) is 0. The smallest absolute Gasteiger partial charge is 0.0546 e. The fourth-order valence-corrected chi connectivity index (χ4v) is 7.87. The van der Waals surface area contributed by atoms with Crippen molar-refractivity contribution in [2.75, 3.05) is 4.90 Å². The Morgan fingerprint density at radius 3 is 1.90 bits per heavy atom. The van der Waals surface area contributed by atoms with Crippen LogP contribution >= 0.6 is 0 Å². The van der Waals surface area contributed by atoms with Gasteiger partial charge < -0.3 is 4.90 Å². The van der Waals surface area contributed by atoms with Crippen LogP contribution in [0.15, 0.2) is 176 Å². The van der Waals surface area contributed by atoms with Gasteiger partial charge >= 0.3 is 0 Å². The lowest BCUT2D eigenvalue weighted by Crippen LogP contribution is -2.17. The topological polar surface area (TPSA) is 3.24 Å². The number of hydrogen-bond acceptors (Lipinski definition) is 1.